The van der Waals surface area contributed by atoms with Gasteiger partial charge in [0.05, 0.1) is 0 Å². The third kappa shape index (κ3) is 3.92. The molecule has 2 fully saturated rings. The van der Waals surface area contributed by atoms with Gasteiger partial charge in [0.15, 0.2) is 0 Å². The number of carbonyl (C=O) groups is 1. The molecule has 1 aromatic carbocycles. The number of nitrogens with zero attached hydrogens (tertiary/aromatic N) is 2. The molecular weight excluding hydrogens is 291 g/mol. The first-order chi connectivity index (χ1) is 11.1. The molecule has 2 aliphatic rings. The third-order valence-electron chi connectivity index (χ3n) is 5.30. The minimum Gasteiger partial charge on any atom is -0.336 e. The van der Waals surface area contributed by atoms with E-state index in [0.29, 0.717) is 11.6 Å². The van der Waals surface area contributed by atoms with Crippen LogP contribution in [0.5, 0.6) is 0 Å². The second kappa shape index (κ2) is 7.43. The zero-order chi connectivity index (χ0) is 16.2. The average molecular weight is 318 g/mol. The summed E-state index contributed by atoms with van der Waals surface area (Å²) < 4.78 is 13.5. The standard InChI is InChI=1S/C19H27FN2O/c1-15-7-8-16(20)14-18(15)19(23)22-12-3-2-6-17(22)9-13-21-10-4-5-11-21/h7-8,14,17H,2-6,9-13H2,1H3. The van der Waals surface area contributed by atoms with Gasteiger partial charge in [0.2, 0.25) is 0 Å². The van der Waals surface area contributed by atoms with E-state index in [1.807, 2.05) is 11.8 Å². The van der Waals surface area contributed by atoms with Gasteiger partial charge in [0.1, 0.15) is 5.82 Å². The lowest BCUT2D eigenvalue weighted by Gasteiger charge is -2.37. The van der Waals surface area contributed by atoms with Crippen LogP contribution in [0.4, 0.5) is 4.39 Å². The number of carbonyl (C=O) groups excluding carboxylic acids is 1. The van der Waals surface area contributed by atoms with E-state index in [4.69, 9.17) is 0 Å². The van der Waals surface area contributed by atoms with E-state index in [0.717, 1.165) is 37.9 Å². The Morgan fingerprint density at radius 3 is 2.70 bits per heavy atom. The molecule has 0 spiro atoms. The molecular formula is C19H27FN2O. The number of likely N-dealkylation sites (tertiary alicyclic amines) is 2. The fourth-order valence-electron chi connectivity index (χ4n) is 3.89. The van der Waals surface area contributed by atoms with Gasteiger partial charge in [0.25, 0.3) is 5.91 Å². The highest BCUT2D eigenvalue weighted by Gasteiger charge is 2.28. The molecule has 126 valence electrons. The summed E-state index contributed by atoms with van der Waals surface area (Å²) in [5, 5.41) is 0. The highest BCUT2D eigenvalue weighted by atomic mass is 19.1. The van der Waals surface area contributed by atoms with Crippen molar-refractivity contribution in [2.45, 2.75) is 51.5 Å². The second-order valence-corrected chi connectivity index (χ2v) is 6.94. The van der Waals surface area contributed by atoms with Gasteiger partial charge < -0.3 is 9.80 Å². The van der Waals surface area contributed by atoms with E-state index < -0.39 is 0 Å². The molecule has 0 bridgehead atoms. The van der Waals surface area contributed by atoms with E-state index >= 15 is 0 Å². The van der Waals surface area contributed by atoms with Crippen molar-refractivity contribution < 1.29 is 9.18 Å². The Morgan fingerprint density at radius 1 is 1.17 bits per heavy atom. The average Bonchev–Trinajstić information content (AvgIpc) is 3.08. The Kier molecular flexibility index (Phi) is 5.31. The largest absolute Gasteiger partial charge is 0.336 e. The maximum atomic E-state index is 13.5. The molecule has 1 unspecified atom stereocenters. The molecule has 4 heteroatoms. The highest BCUT2D eigenvalue weighted by Crippen LogP contribution is 2.24. The Bertz CT molecular complexity index is 554. The minimum atomic E-state index is -0.329. The molecule has 0 radical (unpaired) electrons. The quantitative estimate of drug-likeness (QED) is 0.846. The maximum Gasteiger partial charge on any atom is 0.254 e. The van der Waals surface area contributed by atoms with Crippen molar-refractivity contribution in [3.05, 3.63) is 35.1 Å². The molecule has 3 nitrogen and oxygen atoms in total. The summed E-state index contributed by atoms with van der Waals surface area (Å²) >= 11 is 0. The zero-order valence-corrected chi connectivity index (χ0v) is 14.1. The van der Waals surface area contributed by atoms with Crippen molar-refractivity contribution in [2.24, 2.45) is 0 Å². The fraction of sp³-hybridized carbons (Fsp3) is 0.632. The van der Waals surface area contributed by atoms with Crippen LogP contribution in [0.15, 0.2) is 18.2 Å². The Morgan fingerprint density at radius 2 is 1.91 bits per heavy atom. The summed E-state index contributed by atoms with van der Waals surface area (Å²) in [6.07, 6.45) is 6.97. The number of hydrogen-bond acceptors (Lipinski definition) is 2. The van der Waals surface area contributed by atoms with Crippen molar-refractivity contribution in [3.63, 3.8) is 0 Å². The van der Waals surface area contributed by atoms with Crippen molar-refractivity contribution in [1.82, 2.24) is 9.80 Å². The third-order valence-corrected chi connectivity index (χ3v) is 5.30. The van der Waals surface area contributed by atoms with Crippen molar-refractivity contribution in [2.75, 3.05) is 26.2 Å². The number of aryl methyl sites for hydroxylation is 1. The summed E-state index contributed by atoms with van der Waals surface area (Å²) in [5.41, 5.74) is 1.39. The molecule has 23 heavy (non-hydrogen) atoms. The number of hydrogen-bond donors (Lipinski definition) is 0. The first-order valence-electron chi connectivity index (χ1n) is 8.94. The Labute approximate surface area is 138 Å². The summed E-state index contributed by atoms with van der Waals surface area (Å²) in [5.74, 6) is -0.322. The molecule has 2 heterocycles. The smallest absolute Gasteiger partial charge is 0.254 e. The summed E-state index contributed by atoms with van der Waals surface area (Å²) in [7, 11) is 0. The molecule has 0 aliphatic carbocycles. The van der Waals surface area contributed by atoms with Crippen LogP contribution < -0.4 is 0 Å². The van der Waals surface area contributed by atoms with Gasteiger partial charge in [-0.3, -0.25) is 4.79 Å². The predicted molar refractivity (Wildman–Crippen MR) is 90.1 cm³/mol. The van der Waals surface area contributed by atoms with Crippen molar-refractivity contribution in [3.8, 4) is 0 Å². The molecule has 3 rings (SSSR count). The summed E-state index contributed by atoms with van der Waals surface area (Å²) in [6, 6.07) is 4.82. The fourth-order valence-corrected chi connectivity index (χ4v) is 3.89. The van der Waals surface area contributed by atoms with Gasteiger partial charge in [-0.25, -0.2) is 4.39 Å². The van der Waals surface area contributed by atoms with E-state index in [-0.39, 0.29) is 11.7 Å². The van der Waals surface area contributed by atoms with Crippen LogP contribution in [0.2, 0.25) is 0 Å². The van der Waals surface area contributed by atoms with E-state index in [1.54, 1.807) is 6.07 Å². The van der Waals surface area contributed by atoms with Crippen LogP contribution in [-0.4, -0.2) is 47.9 Å². The van der Waals surface area contributed by atoms with Crippen molar-refractivity contribution >= 4 is 5.91 Å². The predicted octanol–water partition coefficient (Wildman–Crippen LogP) is 3.61. The molecule has 1 amide bonds. The molecule has 0 saturated carbocycles. The van der Waals surface area contributed by atoms with Gasteiger partial charge in [-0.1, -0.05) is 6.07 Å². The number of amides is 1. The highest BCUT2D eigenvalue weighted by molar-refractivity contribution is 5.95. The topological polar surface area (TPSA) is 23.6 Å². The van der Waals surface area contributed by atoms with Crippen LogP contribution >= 0.6 is 0 Å². The lowest BCUT2D eigenvalue weighted by molar-refractivity contribution is 0.0586. The number of rotatable bonds is 4. The Hall–Kier alpha value is -1.42. The van der Waals surface area contributed by atoms with E-state index in [1.165, 1.54) is 44.5 Å². The molecule has 1 aromatic rings. The lowest BCUT2D eigenvalue weighted by atomic mass is 9.97. The van der Waals surface area contributed by atoms with Crippen molar-refractivity contribution in [1.29, 1.82) is 0 Å². The second-order valence-electron chi connectivity index (χ2n) is 6.94. The van der Waals surface area contributed by atoms with E-state index in [9.17, 15) is 9.18 Å². The summed E-state index contributed by atoms with van der Waals surface area (Å²) in [4.78, 5) is 17.4. The first kappa shape index (κ1) is 16.4. The van der Waals surface area contributed by atoms with Gasteiger partial charge >= 0.3 is 0 Å². The molecule has 0 aromatic heterocycles. The molecule has 0 N–H and O–H groups in total. The minimum absolute atomic E-state index is 0.00752. The van der Waals surface area contributed by atoms with Gasteiger partial charge in [-0.05, 0) is 76.2 Å². The first-order valence-corrected chi connectivity index (χ1v) is 8.94. The molecule has 1 atom stereocenters. The zero-order valence-electron chi connectivity index (χ0n) is 14.1. The maximum absolute atomic E-state index is 13.5. The van der Waals surface area contributed by atoms with E-state index in [2.05, 4.69) is 4.90 Å². The molecule has 2 saturated heterocycles. The van der Waals surface area contributed by atoms with Crippen LogP contribution in [0.25, 0.3) is 0 Å². The number of halogens is 1. The monoisotopic (exact) mass is 318 g/mol. The van der Waals surface area contributed by atoms with Gasteiger partial charge in [0, 0.05) is 24.7 Å². The van der Waals surface area contributed by atoms with Crippen LogP contribution in [0.3, 0.4) is 0 Å². The number of benzene rings is 1. The van der Waals surface area contributed by atoms with Gasteiger partial charge in [-0.2, -0.15) is 0 Å². The summed E-state index contributed by atoms with van der Waals surface area (Å²) in [6.45, 7) is 6.17. The van der Waals surface area contributed by atoms with Crippen LogP contribution in [-0.2, 0) is 0 Å². The SMILES string of the molecule is Cc1ccc(F)cc1C(=O)N1CCCCC1CCN1CCCC1. The van der Waals surface area contributed by atoms with Gasteiger partial charge in [-0.15, -0.1) is 0 Å². The Balaban J connectivity index is 1.69. The molecule has 2 aliphatic heterocycles. The lowest BCUT2D eigenvalue weighted by Crippen LogP contribution is -2.45. The normalized spacial score (nSPS) is 22.5. The van der Waals surface area contributed by atoms with Crippen LogP contribution in [0, 0.1) is 12.7 Å². The van der Waals surface area contributed by atoms with Crippen LogP contribution in [0.1, 0.15) is 54.4 Å². The number of piperidine rings is 1.